The van der Waals surface area contributed by atoms with E-state index in [4.69, 9.17) is 0 Å². The molecule has 1 N–H and O–H groups in total. The van der Waals surface area contributed by atoms with Gasteiger partial charge in [-0.05, 0) is 56.6 Å². The predicted molar refractivity (Wildman–Crippen MR) is 131 cm³/mol. The highest BCUT2D eigenvalue weighted by Crippen LogP contribution is 2.56. The molecule has 1 nitrogen and oxygen atoms in total. The second-order valence-electron chi connectivity index (χ2n) is 8.33. The summed E-state index contributed by atoms with van der Waals surface area (Å²) in [6.45, 7) is 0. The van der Waals surface area contributed by atoms with E-state index in [1.165, 1.54) is 38.9 Å². The Morgan fingerprint density at radius 1 is 0.406 bits per heavy atom. The number of phenolic OH excluding ortho intramolecular Hbond substituents is 1. The fourth-order valence-corrected chi connectivity index (χ4v) is 5.28. The van der Waals surface area contributed by atoms with E-state index in [-0.39, 0.29) is 5.75 Å². The zero-order valence-electron chi connectivity index (χ0n) is 17.6. The van der Waals surface area contributed by atoms with Gasteiger partial charge in [0.2, 0.25) is 0 Å². The van der Waals surface area contributed by atoms with Crippen LogP contribution in [0.4, 0.5) is 0 Å². The van der Waals surface area contributed by atoms with Crippen LogP contribution < -0.4 is 0 Å². The molecule has 0 bridgehead atoms. The van der Waals surface area contributed by atoms with Crippen LogP contribution in [0.1, 0.15) is 22.3 Å². The first-order chi connectivity index (χ1) is 15.8. The van der Waals surface area contributed by atoms with E-state index in [1.54, 1.807) is 12.1 Å². The van der Waals surface area contributed by atoms with Gasteiger partial charge >= 0.3 is 0 Å². The number of aromatic hydroxyl groups is 1. The van der Waals surface area contributed by atoms with E-state index < -0.39 is 5.41 Å². The van der Waals surface area contributed by atoms with Gasteiger partial charge in [0, 0.05) is 0 Å². The molecule has 32 heavy (non-hydrogen) atoms. The molecule has 0 unspecified atom stereocenters. The largest absolute Gasteiger partial charge is 0.508 e. The van der Waals surface area contributed by atoms with Gasteiger partial charge < -0.3 is 5.11 Å². The van der Waals surface area contributed by atoms with Crippen LogP contribution in [0.15, 0.2) is 127 Å². The number of hydrogen-bond donors (Lipinski definition) is 1. The van der Waals surface area contributed by atoms with Gasteiger partial charge in [0.1, 0.15) is 5.75 Å². The third-order valence-electron chi connectivity index (χ3n) is 6.68. The van der Waals surface area contributed by atoms with Crippen molar-refractivity contribution in [1.29, 1.82) is 0 Å². The Morgan fingerprint density at radius 3 is 1.41 bits per heavy atom. The van der Waals surface area contributed by atoms with Gasteiger partial charge in [-0.3, -0.25) is 0 Å². The third-order valence-corrected chi connectivity index (χ3v) is 6.68. The van der Waals surface area contributed by atoms with Crippen LogP contribution in [0.25, 0.3) is 22.3 Å². The summed E-state index contributed by atoms with van der Waals surface area (Å²) in [5.41, 5.74) is 9.45. The second kappa shape index (κ2) is 7.25. The lowest BCUT2D eigenvalue weighted by atomic mass is 9.67. The molecule has 0 aliphatic heterocycles. The Hall–Kier alpha value is -4.10. The van der Waals surface area contributed by atoms with Crippen LogP contribution in [-0.2, 0) is 5.41 Å². The lowest BCUT2D eigenvalue weighted by Crippen LogP contribution is -2.28. The quantitative estimate of drug-likeness (QED) is 0.322. The highest BCUT2D eigenvalue weighted by atomic mass is 16.3. The first-order valence-electron chi connectivity index (χ1n) is 10.9. The van der Waals surface area contributed by atoms with E-state index >= 15 is 0 Å². The molecule has 0 amide bonds. The van der Waals surface area contributed by atoms with Gasteiger partial charge in [-0.15, -0.1) is 0 Å². The highest BCUT2D eigenvalue weighted by molar-refractivity contribution is 5.86. The number of fused-ring (bicyclic) bond motifs is 3. The SMILES string of the molecule is Oc1ccc(C2(c3ccc(-c4ccccc4)cc3)c3ccccc3-c3ccccc32)cc1. The molecule has 5 aromatic rings. The van der Waals surface area contributed by atoms with Crippen molar-refractivity contribution in [2.45, 2.75) is 5.41 Å². The van der Waals surface area contributed by atoms with E-state index in [0.717, 1.165) is 5.56 Å². The third kappa shape index (κ3) is 2.65. The molecule has 1 aliphatic rings. The Balaban J connectivity index is 1.65. The van der Waals surface area contributed by atoms with Crippen molar-refractivity contribution < 1.29 is 5.11 Å². The van der Waals surface area contributed by atoms with E-state index in [0.29, 0.717) is 0 Å². The molecule has 1 heteroatoms. The minimum atomic E-state index is -0.434. The molecular weight excluding hydrogens is 388 g/mol. The molecule has 0 aromatic heterocycles. The van der Waals surface area contributed by atoms with E-state index in [9.17, 15) is 5.11 Å². The molecule has 0 saturated carbocycles. The van der Waals surface area contributed by atoms with Crippen molar-refractivity contribution in [3.05, 3.63) is 150 Å². The molecule has 0 fully saturated rings. The predicted octanol–water partition coefficient (Wildman–Crippen LogP) is 7.42. The lowest BCUT2D eigenvalue weighted by Gasteiger charge is -2.34. The van der Waals surface area contributed by atoms with Gasteiger partial charge in [0.15, 0.2) is 0 Å². The Bertz CT molecular complexity index is 1350. The molecule has 0 atom stereocenters. The fourth-order valence-electron chi connectivity index (χ4n) is 5.28. The first kappa shape index (κ1) is 18.7. The van der Waals surface area contributed by atoms with Crippen molar-refractivity contribution in [2.24, 2.45) is 0 Å². The maximum absolute atomic E-state index is 10.0. The molecule has 0 radical (unpaired) electrons. The van der Waals surface area contributed by atoms with Crippen molar-refractivity contribution in [3.8, 4) is 28.0 Å². The van der Waals surface area contributed by atoms with Gasteiger partial charge in [0.25, 0.3) is 0 Å². The minimum absolute atomic E-state index is 0.280. The number of hydrogen-bond acceptors (Lipinski definition) is 1. The standard InChI is InChI=1S/C31H22O/c32-26-20-18-25(19-21-26)31(24-16-14-23(15-17-24)22-8-2-1-3-9-22)29-12-6-4-10-27(29)28-11-5-7-13-30(28)31/h1-21,32H. The van der Waals surface area contributed by atoms with Gasteiger partial charge in [-0.2, -0.15) is 0 Å². The minimum Gasteiger partial charge on any atom is -0.508 e. The Morgan fingerprint density at radius 2 is 0.844 bits per heavy atom. The van der Waals surface area contributed by atoms with Crippen molar-refractivity contribution >= 4 is 0 Å². The number of phenols is 1. The van der Waals surface area contributed by atoms with Crippen LogP contribution in [0.3, 0.4) is 0 Å². The smallest absolute Gasteiger partial charge is 0.115 e. The topological polar surface area (TPSA) is 20.2 Å². The zero-order valence-corrected chi connectivity index (χ0v) is 17.6. The van der Waals surface area contributed by atoms with Gasteiger partial charge in [-0.1, -0.05) is 115 Å². The van der Waals surface area contributed by atoms with Crippen LogP contribution in [-0.4, -0.2) is 5.11 Å². The maximum atomic E-state index is 10.0. The lowest BCUT2D eigenvalue weighted by molar-refractivity contribution is 0.475. The van der Waals surface area contributed by atoms with Crippen molar-refractivity contribution in [1.82, 2.24) is 0 Å². The molecule has 6 rings (SSSR count). The first-order valence-corrected chi connectivity index (χ1v) is 10.9. The van der Waals surface area contributed by atoms with Crippen molar-refractivity contribution in [3.63, 3.8) is 0 Å². The zero-order chi connectivity index (χ0) is 21.5. The number of rotatable bonds is 3. The Kier molecular flexibility index (Phi) is 4.22. The summed E-state index contributed by atoms with van der Waals surface area (Å²) in [7, 11) is 0. The molecule has 0 spiro atoms. The number of benzene rings is 5. The van der Waals surface area contributed by atoms with Crippen LogP contribution in [0.5, 0.6) is 5.75 Å². The van der Waals surface area contributed by atoms with Crippen molar-refractivity contribution in [2.75, 3.05) is 0 Å². The molecule has 0 heterocycles. The summed E-state index contributed by atoms with van der Waals surface area (Å²) in [5.74, 6) is 0.280. The molecule has 5 aromatic carbocycles. The average molecular weight is 411 g/mol. The highest BCUT2D eigenvalue weighted by Gasteiger charge is 2.45. The maximum Gasteiger partial charge on any atom is 0.115 e. The van der Waals surface area contributed by atoms with E-state index in [2.05, 4.69) is 109 Å². The Labute approximate surface area is 188 Å². The molecule has 0 saturated heterocycles. The van der Waals surface area contributed by atoms with Gasteiger partial charge in [0.05, 0.1) is 5.41 Å². The van der Waals surface area contributed by atoms with Crippen LogP contribution in [0.2, 0.25) is 0 Å². The van der Waals surface area contributed by atoms with Crippen LogP contribution >= 0.6 is 0 Å². The molecule has 1 aliphatic carbocycles. The summed E-state index contributed by atoms with van der Waals surface area (Å²) in [4.78, 5) is 0. The normalized spacial score (nSPS) is 13.4. The summed E-state index contributed by atoms with van der Waals surface area (Å²) in [6, 6.07) is 44.5. The summed E-state index contributed by atoms with van der Waals surface area (Å²) < 4.78 is 0. The van der Waals surface area contributed by atoms with Crippen LogP contribution in [0, 0.1) is 0 Å². The van der Waals surface area contributed by atoms with E-state index in [1.807, 2.05) is 6.07 Å². The monoisotopic (exact) mass is 410 g/mol. The summed E-state index contributed by atoms with van der Waals surface area (Å²) in [5, 5.41) is 10.0. The fraction of sp³-hybridized carbons (Fsp3) is 0.0323. The summed E-state index contributed by atoms with van der Waals surface area (Å²) >= 11 is 0. The second-order valence-corrected chi connectivity index (χ2v) is 8.33. The summed E-state index contributed by atoms with van der Waals surface area (Å²) in [6.07, 6.45) is 0. The van der Waals surface area contributed by atoms with Gasteiger partial charge in [-0.25, -0.2) is 0 Å². The molecule has 152 valence electrons. The molecular formula is C31H22O. The average Bonchev–Trinajstić information content (AvgIpc) is 3.17.